The summed E-state index contributed by atoms with van der Waals surface area (Å²) in [6, 6.07) is 0. The van der Waals surface area contributed by atoms with Crippen molar-refractivity contribution in [1.82, 2.24) is 20.0 Å². The van der Waals surface area contributed by atoms with Crippen molar-refractivity contribution >= 4 is 5.91 Å². The van der Waals surface area contributed by atoms with Gasteiger partial charge in [-0.2, -0.15) is 5.10 Å². The number of piperidine rings is 1. The van der Waals surface area contributed by atoms with Crippen LogP contribution in [0.2, 0.25) is 0 Å². The summed E-state index contributed by atoms with van der Waals surface area (Å²) in [5.74, 6) is 1.56. The molecule has 0 aromatic carbocycles. The van der Waals surface area contributed by atoms with Gasteiger partial charge in [0.2, 0.25) is 0 Å². The average Bonchev–Trinajstić information content (AvgIpc) is 2.94. The molecule has 2 saturated heterocycles. The van der Waals surface area contributed by atoms with Crippen LogP contribution >= 0.6 is 0 Å². The second kappa shape index (κ2) is 4.63. The molecule has 104 valence electrons. The minimum atomic E-state index is 0.161. The third kappa shape index (κ3) is 2.06. The maximum atomic E-state index is 12.7. The lowest BCUT2D eigenvalue weighted by Gasteiger charge is -2.34. The highest BCUT2D eigenvalue weighted by Gasteiger charge is 2.35. The van der Waals surface area contributed by atoms with Crippen LogP contribution in [0.25, 0.3) is 0 Å². The third-order valence-corrected chi connectivity index (χ3v) is 4.71. The topological polar surface area (TPSA) is 50.2 Å². The number of amides is 1. The van der Waals surface area contributed by atoms with Gasteiger partial charge in [-0.25, -0.2) is 0 Å². The van der Waals surface area contributed by atoms with Crippen molar-refractivity contribution in [2.24, 2.45) is 18.9 Å². The minimum absolute atomic E-state index is 0.161. The van der Waals surface area contributed by atoms with Gasteiger partial charge in [0.15, 0.2) is 0 Å². The Morgan fingerprint density at radius 3 is 2.74 bits per heavy atom. The van der Waals surface area contributed by atoms with Crippen molar-refractivity contribution in [3.63, 3.8) is 0 Å². The Balaban J connectivity index is 1.80. The average molecular weight is 262 g/mol. The normalized spacial score (nSPS) is 26.6. The van der Waals surface area contributed by atoms with Crippen LogP contribution in [0.1, 0.15) is 28.2 Å². The van der Waals surface area contributed by atoms with E-state index in [-0.39, 0.29) is 5.91 Å². The fourth-order valence-electron chi connectivity index (χ4n) is 3.46. The fourth-order valence-corrected chi connectivity index (χ4v) is 3.46. The largest absolute Gasteiger partial charge is 0.338 e. The molecule has 2 atom stereocenters. The van der Waals surface area contributed by atoms with Gasteiger partial charge in [-0.1, -0.05) is 0 Å². The summed E-state index contributed by atoms with van der Waals surface area (Å²) >= 11 is 0. The van der Waals surface area contributed by atoms with E-state index < -0.39 is 0 Å². The molecular weight excluding hydrogens is 240 g/mol. The van der Waals surface area contributed by atoms with E-state index in [4.69, 9.17) is 0 Å². The van der Waals surface area contributed by atoms with Crippen LogP contribution in [0.4, 0.5) is 0 Å². The zero-order chi connectivity index (χ0) is 13.6. The van der Waals surface area contributed by atoms with Crippen molar-refractivity contribution in [3.05, 3.63) is 17.0 Å². The maximum Gasteiger partial charge on any atom is 0.257 e. The number of nitrogens with zero attached hydrogens (tertiary/aromatic N) is 3. The first kappa shape index (κ1) is 12.7. The van der Waals surface area contributed by atoms with Crippen molar-refractivity contribution in [3.8, 4) is 0 Å². The fraction of sp³-hybridized carbons (Fsp3) is 0.714. The summed E-state index contributed by atoms with van der Waals surface area (Å²) in [5.41, 5.74) is 2.61. The molecule has 2 unspecified atom stereocenters. The predicted molar refractivity (Wildman–Crippen MR) is 73.1 cm³/mol. The van der Waals surface area contributed by atoms with Crippen molar-refractivity contribution in [1.29, 1.82) is 0 Å². The number of rotatable bonds is 1. The van der Waals surface area contributed by atoms with Gasteiger partial charge >= 0.3 is 0 Å². The lowest BCUT2D eigenvalue weighted by atomic mass is 9.88. The lowest BCUT2D eigenvalue weighted by molar-refractivity contribution is 0.0641. The molecule has 2 fully saturated rings. The molecule has 3 rings (SSSR count). The molecule has 0 spiro atoms. The number of carbonyl (C=O) groups is 1. The lowest BCUT2D eigenvalue weighted by Crippen LogP contribution is -2.43. The van der Waals surface area contributed by atoms with Gasteiger partial charge in [0, 0.05) is 25.8 Å². The molecule has 0 radical (unpaired) electrons. The van der Waals surface area contributed by atoms with Gasteiger partial charge in [-0.05, 0) is 45.2 Å². The zero-order valence-corrected chi connectivity index (χ0v) is 11.9. The Kier molecular flexibility index (Phi) is 3.09. The molecule has 1 aromatic rings. The Morgan fingerprint density at radius 2 is 2.05 bits per heavy atom. The molecule has 0 saturated carbocycles. The highest BCUT2D eigenvalue weighted by atomic mass is 16.2. The Bertz CT molecular complexity index is 508. The van der Waals surface area contributed by atoms with E-state index in [1.54, 1.807) is 4.68 Å². The van der Waals surface area contributed by atoms with Crippen LogP contribution in [-0.4, -0.2) is 46.8 Å². The summed E-state index contributed by atoms with van der Waals surface area (Å²) in [4.78, 5) is 14.7. The quantitative estimate of drug-likeness (QED) is 0.811. The number of fused-ring (bicyclic) bond motifs is 1. The van der Waals surface area contributed by atoms with Gasteiger partial charge < -0.3 is 10.2 Å². The van der Waals surface area contributed by atoms with Crippen molar-refractivity contribution in [2.75, 3.05) is 26.2 Å². The smallest absolute Gasteiger partial charge is 0.257 e. The standard InChI is InChI=1S/C14H22N4O/c1-9-13(10(2)17(3)16-9)14(19)18-5-4-11-6-15-7-12(11)8-18/h11-12,15H,4-8H2,1-3H3. The molecular formula is C14H22N4O. The molecule has 1 N–H and O–H groups in total. The molecule has 5 heteroatoms. The summed E-state index contributed by atoms with van der Waals surface area (Å²) in [5, 5.41) is 7.79. The number of carbonyl (C=O) groups excluding carboxylic acids is 1. The Hall–Kier alpha value is -1.36. The van der Waals surface area contributed by atoms with Crippen LogP contribution in [0.3, 0.4) is 0 Å². The van der Waals surface area contributed by atoms with Crippen LogP contribution in [0.5, 0.6) is 0 Å². The van der Waals surface area contributed by atoms with Gasteiger partial charge in [0.25, 0.3) is 5.91 Å². The first-order valence-corrected chi connectivity index (χ1v) is 7.08. The van der Waals surface area contributed by atoms with E-state index in [1.165, 1.54) is 0 Å². The molecule has 3 heterocycles. The van der Waals surface area contributed by atoms with Crippen LogP contribution in [0, 0.1) is 25.7 Å². The monoisotopic (exact) mass is 262 g/mol. The van der Waals surface area contributed by atoms with Crippen LogP contribution < -0.4 is 5.32 Å². The van der Waals surface area contributed by atoms with Crippen molar-refractivity contribution < 1.29 is 4.79 Å². The molecule has 2 aliphatic heterocycles. The summed E-state index contributed by atoms with van der Waals surface area (Å²) in [6.07, 6.45) is 1.13. The van der Waals surface area contributed by atoms with E-state index >= 15 is 0 Å². The third-order valence-electron chi connectivity index (χ3n) is 4.71. The van der Waals surface area contributed by atoms with Gasteiger partial charge in [-0.3, -0.25) is 9.48 Å². The summed E-state index contributed by atoms with van der Waals surface area (Å²) < 4.78 is 1.80. The van der Waals surface area contributed by atoms with Crippen molar-refractivity contribution in [2.45, 2.75) is 20.3 Å². The predicted octanol–water partition coefficient (Wildman–Crippen LogP) is 0.718. The van der Waals surface area contributed by atoms with E-state index in [0.717, 1.165) is 55.5 Å². The molecule has 2 aliphatic rings. The number of aromatic nitrogens is 2. The molecule has 1 amide bonds. The number of nitrogens with one attached hydrogen (secondary N) is 1. The number of likely N-dealkylation sites (tertiary alicyclic amines) is 1. The van der Waals surface area contributed by atoms with E-state index in [2.05, 4.69) is 10.4 Å². The van der Waals surface area contributed by atoms with Crippen LogP contribution in [0.15, 0.2) is 0 Å². The van der Waals surface area contributed by atoms with E-state index in [0.29, 0.717) is 5.92 Å². The molecule has 19 heavy (non-hydrogen) atoms. The SMILES string of the molecule is Cc1nn(C)c(C)c1C(=O)N1CCC2CNCC2C1. The number of hydrogen-bond acceptors (Lipinski definition) is 3. The molecule has 0 bridgehead atoms. The Labute approximate surface area is 114 Å². The highest BCUT2D eigenvalue weighted by molar-refractivity contribution is 5.96. The second-order valence-electron chi connectivity index (χ2n) is 5.89. The Morgan fingerprint density at radius 1 is 1.32 bits per heavy atom. The molecule has 5 nitrogen and oxygen atoms in total. The zero-order valence-electron chi connectivity index (χ0n) is 11.9. The minimum Gasteiger partial charge on any atom is -0.338 e. The summed E-state index contributed by atoms with van der Waals surface area (Å²) in [6.45, 7) is 7.85. The first-order chi connectivity index (χ1) is 9.08. The number of aryl methyl sites for hydroxylation is 2. The van der Waals surface area contributed by atoms with E-state index in [9.17, 15) is 4.79 Å². The van der Waals surface area contributed by atoms with E-state index in [1.807, 2.05) is 25.8 Å². The van der Waals surface area contributed by atoms with Gasteiger partial charge in [0.1, 0.15) is 0 Å². The van der Waals surface area contributed by atoms with Gasteiger partial charge in [0.05, 0.1) is 11.3 Å². The number of hydrogen-bond donors (Lipinski definition) is 1. The van der Waals surface area contributed by atoms with Crippen LogP contribution in [-0.2, 0) is 7.05 Å². The second-order valence-corrected chi connectivity index (χ2v) is 5.89. The molecule has 1 aromatic heterocycles. The first-order valence-electron chi connectivity index (χ1n) is 7.08. The maximum absolute atomic E-state index is 12.7. The van der Waals surface area contributed by atoms with Gasteiger partial charge in [-0.15, -0.1) is 0 Å². The summed E-state index contributed by atoms with van der Waals surface area (Å²) in [7, 11) is 1.90. The molecule has 0 aliphatic carbocycles. The highest BCUT2D eigenvalue weighted by Crippen LogP contribution is 2.28.